The molecular formula is C11H24O. The van der Waals surface area contributed by atoms with Gasteiger partial charge in [0.2, 0.25) is 0 Å². The molecule has 0 fully saturated rings. The summed E-state index contributed by atoms with van der Waals surface area (Å²) >= 11 is 0. The fraction of sp³-hybridized carbons (Fsp3) is 1.00. The Morgan fingerprint density at radius 2 is 1.42 bits per heavy atom. The molecule has 0 amide bonds. The molecule has 0 spiro atoms. The zero-order valence-corrected chi connectivity index (χ0v) is 9.17. The Labute approximate surface area is 77.2 Å². The molecule has 2 unspecified atom stereocenters. The van der Waals surface area contributed by atoms with E-state index in [-0.39, 0.29) is 6.10 Å². The first-order chi connectivity index (χ1) is 5.54. The van der Waals surface area contributed by atoms with Gasteiger partial charge in [0.05, 0.1) is 6.10 Å². The molecule has 0 bridgehead atoms. The van der Waals surface area contributed by atoms with Gasteiger partial charge in [-0.2, -0.15) is 0 Å². The average Bonchev–Trinajstić information content (AvgIpc) is 2.05. The Morgan fingerprint density at radius 3 is 1.67 bits per heavy atom. The second-order valence-corrected chi connectivity index (χ2v) is 4.17. The summed E-state index contributed by atoms with van der Waals surface area (Å²) in [5.74, 6) is 1.50. The summed E-state index contributed by atoms with van der Waals surface area (Å²) in [7, 11) is 0. The number of aliphatic hydroxyl groups is 1. The van der Waals surface area contributed by atoms with E-state index in [0.29, 0.717) is 17.8 Å². The Bertz CT molecular complexity index is 104. The lowest BCUT2D eigenvalue weighted by molar-refractivity contribution is 0.0348. The van der Waals surface area contributed by atoms with Gasteiger partial charge in [-0.3, -0.25) is 0 Å². The Hall–Kier alpha value is -0.0400. The molecule has 0 heterocycles. The van der Waals surface area contributed by atoms with E-state index in [1.807, 2.05) is 0 Å². The van der Waals surface area contributed by atoms with Gasteiger partial charge in [0, 0.05) is 0 Å². The first-order valence-electron chi connectivity index (χ1n) is 5.22. The van der Waals surface area contributed by atoms with E-state index >= 15 is 0 Å². The van der Waals surface area contributed by atoms with E-state index in [9.17, 15) is 5.11 Å². The van der Waals surface area contributed by atoms with E-state index in [4.69, 9.17) is 0 Å². The first kappa shape index (κ1) is 12.0. The van der Waals surface area contributed by atoms with Crippen molar-refractivity contribution in [2.24, 2.45) is 17.8 Å². The molecule has 0 saturated heterocycles. The van der Waals surface area contributed by atoms with Crippen LogP contribution in [0.3, 0.4) is 0 Å². The standard InChI is InChI=1S/C11H24O/c1-6-10(7-2)11(12)9(5)8(3)4/h8-12H,6-7H2,1-5H3. The summed E-state index contributed by atoms with van der Waals surface area (Å²) in [5, 5.41) is 9.95. The molecule has 0 aliphatic carbocycles. The van der Waals surface area contributed by atoms with Crippen LogP contribution in [-0.4, -0.2) is 11.2 Å². The summed E-state index contributed by atoms with van der Waals surface area (Å²) in [6, 6.07) is 0. The molecule has 74 valence electrons. The maximum Gasteiger partial charge on any atom is 0.0596 e. The van der Waals surface area contributed by atoms with Crippen molar-refractivity contribution < 1.29 is 5.11 Å². The predicted octanol–water partition coefficient (Wildman–Crippen LogP) is 3.08. The molecular weight excluding hydrogens is 148 g/mol. The van der Waals surface area contributed by atoms with Crippen molar-refractivity contribution >= 4 is 0 Å². The number of hydrogen-bond donors (Lipinski definition) is 1. The molecule has 0 aliphatic rings. The third-order valence-electron chi connectivity index (χ3n) is 3.12. The lowest BCUT2D eigenvalue weighted by Crippen LogP contribution is -2.29. The van der Waals surface area contributed by atoms with Gasteiger partial charge in [-0.25, -0.2) is 0 Å². The monoisotopic (exact) mass is 172 g/mol. The predicted molar refractivity (Wildman–Crippen MR) is 54.1 cm³/mol. The molecule has 0 aliphatic heterocycles. The SMILES string of the molecule is CCC(CC)C(O)C(C)C(C)C. The number of rotatable bonds is 5. The van der Waals surface area contributed by atoms with Crippen molar-refractivity contribution in [2.75, 3.05) is 0 Å². The van der Waals surface area contributed by atoms with Crippen LogP contribution in [0.25, 0.3) is 0 Å². The molecule has 1 nitrogen and oxygen atoms in total. The zero-order valence-electron chi connectivity index (χ0n) is 9.17. The fourth-order valence-electron chi connectivity index (χ4n) is 1.60. The Kier molecular flexibility index (Phi) is 5.56. The van der Waals surface area contributed by atoms with Crippen LogP contribution in [0, 0.1) is 17.8 Å². The smallest absolute Gasteiger partial charge is 0.0596 e. The third-order valence-corrected chi connectivity index (χ3v) is 3.12. The summed E-state index contributed by atoms with van der Waals surface area (Å²) < 4.78 is 0. The lowest BCUT2D eigenvalue weighted by Gasteiger charge is -2.28. The van der Waals surface area contributed by atoms with Gasteiger partial charge in [0.1, 0.15) is 0 Å². The lowest BCUT2D eigenvalue weighted by atomic mass is 9.82. The molecule has 0 aromatic rings. The van der Waals surface area contributed by atoms with Gasteiger partial charge in [0.25, 0.3) is 0 Å². The summed E-state index contributed by atoms with van der Waals surface area (Å²) in [4.78, 5) is 0. The minimum Gasteiger partial charge on any atom is -0.393 e. The normalized spacial score (nSPS) is 17.0. The second-order valence-electron chi connectivity index (χ2n) is 4.17. The summed E-state index contributed by atoms with van der Waals surface area (Å²) in [6.45, 7) is 10.8. The van der Waals surface area contributed by atoms with Gasteiger partial charge in [0.15, 0.2) is 0 Å². The van der Waals surface area contributed by atoms with E-state index in [1.165, 1.54) is 0 Å². The quantitative estimate of drug-likeness (QED) is 0.675. The van der Waals surface area contributed by atoms with Crippen LogP contribution in [-0.2, 0) is 0 Å². The molecule has 0 aromatic carbocycles. The first-order valence-corrected chi connectivity index (χ1v) is 5.22. The van der Waals surface area contributed by atoms with Crippen LogP contribution in [0.1, 0.15) is 47.5 Å². The highest BCUT2D eigenvalue weighted by Crippen LogP contribution is 2.24. The second kappa shape index (κ2) is 5.58. The van der Waals surface area contributed by atoms with Crippen molar-refractivity contribution in [2.45, 2.75) is 53.6 Å². The van der Waals surface area contributed by atoms with E-state index < -0.39 is 0 Å². The van der Waals surface area contributed by atoms with E-state index in [0.717, 1.165) is 12.8 Å². The number of aliphatic hydroxyl groups excluding tert-OH is 1. The molecule has 1 heteroatoms. The Morgan fingerprint density at radius 1 is 1.00 bits per heavy atom. The fourth-order valence-corrected chi connectivity index (χ4v) is 1.60. The maximum absolute atomic E-state index is 9.95. The summed E-state index contributed by atoms with van der Waals surface area (Å²) in [5.41, 5.74) is 0. The van der Waals surface area contributed by atoms with Crippen LogP contribution in [0.4, 0.5) is 0 Å². The van der Waals surface area contributed by atoms with Crippen molar-refractivity contribution in [3.8, 4) is 0 Å². The van der Waals surface area contributed by atoms with Crippen molar-refractivity contribution in [1.82, 2.24) is 0 Å². The van der Waals surface area contributed by atoms with Gasteiger partial charge in [-0.1, -0.05) is 47.5 Å². The maximum atomic E-state index is 9.95. The van der Waals surface area contributed by atoms with Crippen molar-refractivity contribution in [3.63, 3.8) is 0 Å². The minimum absolute atomic E-state index is 0.111. The van der Waals surface area contributed by atoms with Crippen molar-refractivity contribution in [1.29, 1.82) is 0 Å². The molecule has 2 atom stereocenters. The average molecular weight is 172 g/mol. The van der Waals surface area contributed by atoms with Gasteiger partial charge < -0.3 is 5.11 Å². The molecule has 0 radical (unpaired) electrons. The van der Waals surface area contributed by atoms with Crippen molar-refractivity contribution in [3.05, 3.63) is 0 Å². The summed E-state index contributed by atoms with van der Waals surface area (Å²) in [6.07, 6.45) is 2.07. The van der Waals surface area contributed by atoms with Crippen LogP contribution >= 0.6 is 0 Å². The molecule has 0 rings (SSSR count). The largest absolute Gasteiger partial charge is 0.393 e. The Balaban J connectivity index is 4.05. The van der Waals surface area contributed by atoms with Gasteiger partial charge >= 0.3 is 0 Å². The molecule has 0 aromatic heterocycles. The highest BCUT2D eigenvalue weighted by Gasteiger charge is 2.23. The van der Waals surface area contributed by atoms with E-state index in [2.05, 4.69) is 34.6 Å². The van der Waals surface area contributed by atoms with Crippen LogP contribution < -0.4 is 0 Å². The third kappa shape index (κ3) is 3.14. The van der Waals surface area contributed by atoms with Crippen LogP contribution in [0.5, 0.6) is 0 Å². The van der Waals surface area contributed by atoms with Crippen LogP contribution in [0.15, 0.2) is 0 Å². The zero-order chi connectivity index (χ0) is 9.72. The molecule has 0 saturated carbocycles. The topological polar surface area (TPSA) is 20.2 Å². The molecule has 12 heavy (non-hydrogen) atoms. The van der Waals surface area contributed by atoms with E-state index in [1.54, 1.807) is 0 Å². The highest BCUT2D eigenvalue weighted by atomic mass is 16.3. The minimum atomic E-state index is -0.111. The van der Waals surface area contributed by atoms with Gasteiger partial charge in [-0.05, 0) is 17.8 Å². The van der Waals surface area contributed by atoms with Crippen LogP contribution in [0.2, 0.25) is 0 Å². The van der Waals surface area contributed by atoms with Gasteiger partial charge in [-0.15, -0.1) is 0 Å². The number of hydrogen-bond acceptors (Lipinski definition) is 1. The molecule has 1 N–H and O–H groups in total. The highest BCUT2D eigenvalue weighted by molar-refractivity contribution is 4.73.